The molecule has 12 heavy (non-hydrogen) atoms. The molecule has 0 aliphatic heterocycles. The number of hydrogen-bond donors (Lipinski definition) is 5. The predicted molar refractivity (Wildman–Crippen MR) is 27.9 cm³/mol. The molecule has 0 fully saturated rings. The fourth-order valence-electron chi connectivity index (χ4n) is 0. The molecular weight excluding hydrogens is 197 g/mol. The van der Waals surface area contributed by atoms with Crippen LogP contribution in [0.4, 0.5) is 4.79 Å². The molecule has 0 rings (SSSR count). The van der Waals surface area contributed by atoms with Crippen LogP contribution >= 0.6 is 0 Å². The van der Waals surface area contributed by atoms with Gasteiger partial charge in [0.15, 0.2) is 0 Å². The van der Waals surface area contributed by atoms with Crippen LogP contribution in [0.5, 0.6) is 0 Å². The molecule has 0 aromatic rings. The van der Waals surface area contributed by atoms with Gasteiger partial charge in [-0.05, 0) is 0 Å². The van der Waals surface area contributed by atoms with Crippen LogP contribution in [0.1, 0.15) is 2.85 Å². The summed E-state index contributed by atoms with van der Waals surface area (Å²) >= 11 is 0. The largest absolute Gasteiger partial charge is 1.00 e. The Labute approximate surface area is 115 Å². The molecule has 0 saturated heterocycles. The number of rotatable bonds is 1. The molecule has 0 amide bonds. The van der Waals surface area contributed by atoms with Crippen LogP contribution in [-0.4, -0.2) is 39.1 Å². The summed E-state index contributed by atoms with van der Waals surface area (Å²) in [4.78, 5) is 14.4. The first-order valence-corrected chi connectivity index (χ1v) is 1.75. The van der Waals surface area contributed by atoms with Gasteiger partial charge < -0.3 is 18.0 Å². The van der Waals surface area contributed by atoms with Gasteiger partial charge in [-0.2, -0.15) is 5.26 Å². The van der Waals surface area contributed by atoms with Gasteiger partial charge in [0, 0.05) is 0 Å². The van der Waals surface area contributed by atoms with Gasteiger partial charge in [-0.15, -0.1) is 0 Å². The zero-order chi connectivity index (χ0) is 8.57. The van der Waals surface area contributed by atoms with Crippen LogP contribution < -0.4 is 59.1 Å². The van der Waals surface area contributed by atoms with E-state index >= 15 is 0 Å². The minimum Gasteiger partial charge on any atom is -1.00 e. The molecule has 0 aliphatic rings. The van der Waals surface area contributed by atoms with Crippen molar-refractivity contribution in [2.24, 2.45) is 0 Å². The van der Waals surface area contributed by atoms with E-state index in [1.807, 2.05) is 0 Å². The topological polar surface area (TPSA) is 137 Å². The van der Waals surface area contributed by atoms with Crippen LogP contribution in [0.2, 0.25) is 0 Å². The van der Waals surface area contributed by atoms with Crippen molar-refractivity contribution >= 4 is 13.5 Å². The van der Waals surface area contributed by atoms with E-state index in [4.69, 9.17) is 30.5 Å². The smallest absolute Gasteiger partial charge is 1.00 e. The van der Waals surface area contributed by atoms with Crippen molar-refractivity contribution in [2.45, 2.75) is 0 Å². The molecule has 0 aromatic carbocycles. The Balaban J connectivity index is -0.0000000178. The van der Waals surface area contributed by atoms with Gasteiger partial charge in [0.25, 0.3) is 0 Å². The zero-order valence-electron chi connectivity index (χ0n) is 8.54. The van der Waals surface area contributed by atoms with Gasteiger partial charge in [0.05, 0.1) is 0 Å². The fourth-order valence-corrected chi connectivity index (χ4v) is 0. The molecule has 5 N–H and O–H groups in total. The van der Waals surface area contributed by atoms with Gasteiger partial charge in [0.1, 0.15) is 0 Å². The monoisotopic (exact) mass is 204 g/mol. The maximum atomic E-state index is 8.90. The fraction of sp³-hybridized carbons (Fsp3) is 0. The minimum atomic E-state index is -2.06. The predicted octanol–water partition coefficient (Wildman–Crippen LogP) is -7.17. The van der Waals surface area contributed by atoms with Gasteiger partial charge in [-0.3, -0.25) is 10.1 Å². The van der Waals surface area contributed by atoms with E-state index in [1.54, 1.807) is 0 Å². The molecule has 0 spiro atoms. The van der Waals surface area contributed by atoms with Crippen LogP contribution in [0.25, 0.3) is 0 Å². The molecule has 0 heterocycles. The van der Waals surface area contributed by atoms with E-state index in [9.17, 15) is 0 Å². The third kappa shape index (κ3) is 43.4. The molecule has 0 unspecified atom stereocenters. The first-order chi connectivity index (χ1) is 4.54. The van der Waals surface area contributed by atoms with E-state index in [0.29, 0.717) is 0 Å². The average Bonchev–Trinajstić information content (AvgIpc) is 1.89. The van der Waals surface area contributed by atoms with Crippen molar-refractivity contribution < 1.29 is 102 Å². The Kier molecular flexibility index (Phi) is 34.8. The third-order valence-corrected chi connectivity index (χ3v) is 0.172. The normalized spacial score (nSPS) is 6.00. The summed E-state index contributed by atoms with van der Waals surface area (Å²) in [6.45, 7) is 0. The Morgan fingerprint density at radius 1 is 1.25 bits per heavy atom. The minimum absolute atomic E-state index is 0. The van der Waals surface area contributed by atoms with Crippen molar-refractivity contribution in [2.75, 3.05) is 0 Å². The van der Waals surface area contributed by atoms with Crippen LogP contribution in [0.15, 0.2) is 0 Å². The summed E-state index contributed by atoms with van der Waals surface area (Å²) in [6.07, 6.45) is -1.69. The maximum absolute atomic E-state index is 8.90. The molecule has 0 aromatic heterocycles. The van der Waals surface area contributed by atoms with Crippen molar-refractivity contribution in [1.82, 2.24) is 0 Å². The number of carbonyl (C=O) groups is 1. The third-order valence-electron chi connectivity index (χ3n) is 0.172. The summed E-state index contributed by atoms with van der Waals surface area (Å²) in [5.74, 6) is 0. The quantitative estimate of drug-likeness (QED) is 0.161. The Morgan fingerprint density at radius 3 is 1.42 bits per heavy atom. The van der Waals surface area contributed by atoms with Crippen molar-refractivity contribution in [3.63, 3.8) is 0 Å². The molecule has 11 heteroatoms. The van der Waals surface area contributed by atoms with E-state index in [2.05, 4.69) is 9.69 Å². The first kappa shape index (κ1) is 23.2. The molecule has 64 valence electrons. The molecule has 0 atom stereocenters. The summed E-state index contributed by atoms with van der Waals surface area (Å²) in [6, 6.07) is 0. The van der Waals surface area contributed by atoms with Crippen molar-refractivity contribution in [1.29, 1.82) is 0 Å². The molecule has 8 nitrogen and oxygen atoms in total. The van der Waals surface area contributed by atoms with Crippen LogP contribution in [0, 0.1) is 0 Å². The van der Waals surface area contributed by atoms with Gasteiger partial charge in [0.2, 0.25) is 0 Å². The number of hydrogen-bond acceptors (Lipinski definition) is 7. The van der Waals surface area contributed by atoms with E-state index < -0.39 is 13.5 Å². The Morgan fingerprint density at radius 2 is 1.42 bits per heavy atom. The standard InChI is InChI=1S/CH2O4.BH3O4.2Na.2H/c2*2-1(3)5-4;;;;/h4H,(H,2,3);2-4H;;;;/q;;2*+1;2*-1. The molecular formula is CH7BNa2O8. The van der Waals surface area contributed by atoms with Gasteiger partial charge in [-0.25, -0.2) is 9.60 Å². The van der Waals surface area contributed by atoms with Crippen molar-refractivity contribution in [3.8, 4) is 0 Å². The van der Waals surface area contributed by atoms with Gasteiger partial charge in [-0.1, -0.05) is 0 Å². The summed E-state index contributed by atoms with van der Waals surface area (Å²) in [5, 5.41) is 36.3. The maximum Gasteiger partial charge on any atom is 1.00 e. The molecule has 0 bridgehead atoms. The molecule has 0 radical (unpaired) electrons. The Hall–Kier alpha value is 1.13. The first-order valence-electron chi connectivity index (χ1n) is 1.75. The van der Waals surface area contributed by atoms with E-state index in [-0.39, 0.29) is 62.0 Å². The zero-order valence-corrected chi connectivity index (χ0v) is 10.5. The Bertz CT molecular complexity index is 95.4. The second kappa shape index (κ2) is 18.0. The average molecular weight is 204 g/mol. The number of carboxylic acid groups (broad SMARTS) is 1. The second-order valence-electron chi connectivity index (χ2n) is 0.789. The SMILES string of the molecule is O=C(O)OO.OOB(O)O.[H-].[H-].[Na+].[Na+]. The van der Waals surface area contributed by atoms with Crippen LogP contribution in [-0.2, 0) is 9.69 Å². The molecule has 0 saturated carbocycles. The van der Waals surface area contributed by atoms with E-state index in [0.717, 1.165) is 0 Å². The van der Waals surface area contributed by atoms with E-state index in [1.165, 1.54) is 0 Å². The van der Waals surface area contributed by atoms with Gasteiger partial charge >= 0.3 is 72.6 Å². The summed E-state index contributed by atoms with van der Waals surface area (Å²) in [5.41, 5.74) is 0. The van der Waals surface area contributed by atoms with Crippen LogP contribution in [0.3, 0.4) is 0 Å². The van der Waals surface area contributed by atoms with Crippen molar-refractivity contribution in [3.05, 3.63) is 0 Å². The molecule has 0 aliphatic carbocycles. The second-order valence-corrected chi connectivity index (χ2v) is 0.789. The summed E-state index contributed by atoms with van der Waals surface area (Å²) < 4.78 is 0. The summed E-state index contributed by atoms with van der Waals surface area (Å²) in [7, 11) is -2.06.